The first-order chi connectivity index (χ1) is 17.3. The zero-order valence-corrected chi connectivity index (χ0v) is 22.1. The van der Waals surface area contributed by atoms with Crippen molar-refractivity contribution in [2.45, 2.75) is 38.3 Å². The highest BCUT2D eigenvalue weighted by Gasteiger charge is 2.30. The number of nitrogens with zero attached hydrogens (tertiary/aromatic N) is 3. The van der Waals surface area contributed by atoms with Crippen molar-refractivity contribution < 1.29 is 9.66 Å². The molecule has 4 N–H and O–H groups in total. The molecule has 192 valence electrons. The standard InChI is InChI=1S/C25H29Cl2N5O3S/c26-19-5-3-16(12-20(19)27)14-31-10-7-17(8-11-31)23(2-1-9-28)35-24-6-4-18(13-22(24)32(33)34)21-15-36-25(29)30-21/h3-6,12-13,15,17,23H,1-2,7-11,14,28H2,(H2,29,30). The number of piperidine rings is 1. The number of likely N-dealkylation sites (tertiary alicyclic amines) is 1. The molecule has 2 heterocycles. The number of nitro groups is 1. The van der Waals surface area contributed by atoms with Crippen LogP contribution >= 0.6 is 34.5 Å². The van der Waals surface area contributed by atoms with E-state index in [0.29, 0.717) is 33.0 Å². The molecule has 36 heavy (non-hydrogen) atoms. The molecule has 0 bridgehead atoms. The molecule has 1 atom stereocenters. The lowest BCUT2D eigenvalue weighted by atomic mass is 9.88. The molecule has 1 fully saturated rings. The Hall–Kier alpha value is -2.43. The van der Waals surface area contributed by atoms with Crippen LogP contribution in [0.2, 0.25) is 10.0 Å². The smallest absolute Gasteiger partial charge is 0.311 e. The van der Waals surface area contributed by atoms with E-state index in [1.54, 1.807) is 17.5 Å². The first-order valence-corrected chi connectivity index (χ1v) is 13.5. The highest BCUT2D eigenvalue weighted by Crippen LogP contribution is 2.36. The van der Waals surface area contributed by atoms with Gasteiger partial charge in [0.1, 0.15) is 6.10 Å². The molecule has 0 aliphatic carbocycles. The van der Waals surface area contributed by atoms with Crippen LogP contribution in [0, 0.1) is 16.0 Å². The molecule has 1 aliphatic rings. The van der Waals surface area contributed by atoms with Crippen LogP contribution in [0.5, 0.6) is 5.75 Å². The highest BCUT2D eigenvalue weighted by molar-refractivity contribution is 7.13. The summed E-state index contributed by atoms with van der Waals surface area (Å²) in [5.74, 6) is 0.548. The third-order valence-corrected chi connectivity index (χ3v) is 7.91. The van der Waals surface area contributed by atoms with E-state index in [9.17, 15) is 10.1 Å². The summed E-state index contributed by atoms with van der Waals surface area (Å²) in [5.41, 5.74) is 13.8. The van der Waals surface area contributed by atoms with Crippen molar-refractivity contribution in [3.05, 3.63) is 67.5 Å². The zero-order chi connectivity index (χ0) is 25.7. The first kappa shape index (κ1) is 26.6. The topological polar surface area (TPSA) is 121 Å². The number of hydrogen-bond donors (Lipinski definition) is 2. The van der Waals surface area contributed by atoms with E-state index in [2.05, 4.69) is 9.88 Å². The Labute approximate surface area is 224 Å². The maximum atomic E-state index is 11.9. The van der Waals surface area contributed by atoms with Gasteiger partial charge in [0.2, 0.25) is 0 Å². The predicted molar refractivity (Wildman–Crippen MR) is 146 cm³/mol. The van der Waals surface area contributed by atoms with Gasteiger partial charge in [0.05, 0.1) is 20.7 Å². The van der Waals surface area contributed by atoms with Crippen LogP contribution in [-0.2, 0) is 6.54 Å². The van der Waals surface area contributed by atoms with E-state index in [1.807, 2.05) is 18.2 Å². The normalized spacial score (nSPS) is 15.6. The van der Waals surface area contributed by atoms with E-state index in [0.717, 1.165) is 50.9 Å². The minimum Gasteiger partial charge on any atom is -0.483 e. The Morgan fingerprint density at radius 1 is 1.19 bits per heavy atom. The fraction of sp³-hybridized carbons (Fsp3) is 0.400. The lowest BCUT2D eigenvalue weighted by Crippen LogP contribution is -2.39. The third-order valence-electron chi connectivity index (χ3n) is 6.49. The van der Waals surface area contributed by atoms with Crippen LogP contribution in [-0.4, -0.2) is 40.5 Å². The summed E-state index contributed by atoms with van der Waals surface area (Å²) in [6.45, 7) is 3.15. The monoisotopic (exact) mass is 549 g/mol. The SMILES string of the molecule is NCCCC(Oc1ccc(-c2csc(N)n2)cc1[N+](=O)[O-])C1CCN(Cc2ccc(Cl)c(Cl)c2)CC1. The first-order valence-electron chi connectivity index (χ1n) is 11.9. The number of ether oxygens (including phenoxy) is 1. The Morgan fingerprint density at radius 2 is 1.97 bits per heavy atom. The van der Waals surface area contributed by atoms with E-state index in [4.69, 9.17) is 39.4 Å². The Balaban J connectivity index is 1.45. The summed E-state index contributed by atoms with van der Waals surface area (Å²) in [5, 5.41) is 15.2. The second-order valence-corrected chi connectivity index (χ2v) is 10.7. The summed E-state index contributed by atoms with van der Waals surface area (Å²) in [4.78, 5) is 18.1. The van der Waals surface area contributed by atoms with Crippen molar-refractivity contribution >= 4 is 45.4 Å². The molecule has 11 heteroatoms. The molecule has 8 nitrogen and oxygen atoms in total. The Bertz CT molecular complexity index is 1200. The summed E-state index contributed by atoms with van der Waals surface area (Å²) in [7, 11) is 0. The molecule has 0 saturated carbocycles. The van der Waals surface area contributed by atoms with E-state index in [-0.39, 0.29) is 23.5 Å². The number of aromatic nitrogens is 1. The molecular formula is C25H29Cl2N5O3S. The van der Waals surface area contributed by atoms with Crippen molar-refractivity contribution in [2.24, 2.45) is 11.7 Å². The van der Waals surface area contributed by atoms with Crippen molar-refractivity contribution in [3.8, 4) is 17.0 Å². The quantitative estimate of drug-likeness (QED) is 0.234. The fourth-order valence-electron chi connectivity index (χ4n) is 4.59. The van der Waals surface area contributed by atoms with Gasteiger partial charge in [0.15, 0.2) is 10.9 Å². The molecule has 2 aromatic carbocycles. The van der Waals surface area contributed by atoms with Gasteiger partial charge >= 0.3 is 5.69 Å². The minimum absolute atomic E-state index is 0.0751. The van der Waals surface area contributed by atoms with Crippen LogP contribution in [0.25, 0.3) is 11.3 Å². The molecular weight excluding hydrogens is 521 g/mol. The number of halogens is 2. The van der Waals surface area contributed by atoms with Crippen molar-refractivity contribution in [1.29, 1.82) is 0 Å². The molecule has 1 unspecified atom stereocenters. The van der Waals surface area contributed by atoms with Crippen LogP contribution < -0.4 is 16.2 Å². The predicted octanol–water partition coefficient (Wildman–Crippen LogP) is 6.01. The average Bonchev–Trinajstić information content (AvgIpc) is 3.31. The maximum absolute atomic E-state index is 11.9. The second kappa shape index (κ2) is 12.2. The van der Waals surface area contributed by atoms with Gasteiger partial charge in [-0.15, -0.1) is 11.3 Å². The third kappa shape index (κ3) is 6.66. The van der Waals surface area contributed by atoms with Gasteiger partial charge < -0.3 is 16.2 Å². The second-order valence-electron chi connectivity index (χ2n) is 8.96. The largest absolute Gasteiger partial charge is 0.483 e. The van der Waals surface area contributed by atoms with Gasteiger partial charge in [-0.2, -0.15) is 0 Å². The number of rotatable bonds is 10. The number of nitrogen functional groups attached to an aromatic ring is 1. The van der Waals surface area contributed by atoms with Gasteiger partial charge in [-0.1, -0.05) is 29.3 Å². The highest BCUT2D eigenvalue weighted by atomic mass is 35.5. The molecule has 0 spiro atoms. The molecule has 1 aliphatic heterocycles. The van der Waals surface area contributed by atoms with Crippen LogP contribution in [0.1, 0.15) is 31.2 Å². The lowest BCUT2D eigenvalue weighted by Gasteiger charge is -2.36. The summed E-state index contributed by atoms with van der Waals surface area (Å²) < 4.78 is 6.34. The van der Waals surface area contributed by atoms with Crippen molar-refractivity contribution in [3.63, 3.8) is 0 Å². The fourth-order valence-corrected chi connectivity index (χ4v) is 5.48. The van der Waals surface area contributed by atoms with Crippen molar-refractivity contribution in [2.75, 3.05) is 25.4 Å². The molecule has 1 aromatic heterocycles. The number of nitrogens with two attached hydrogens (primary N) is 2. The number of benzene rings is 2. The van der Waals surface area contributed by atoms with Gasteiger partial charge in [-0.05, 0) is 81.1 Å². The van der Waals surface area contributed by atoms with Crippen molar-refractivity contribution in [1.82, 2.24) is 9.88 Å². The molecule has 4 rings (SSSR count). The number of thiazole rings is 1. The van der Waals surface area contributed by atoms with Crippen LogP contribution in [0.15, 0.2) is 41.8 Å². The van der Waals surface area contributed by atoms with E-state index < -0.39 is 4.92 Å². The number of hydrogen-bond acceptors (Lipinski definition) is 8. The summed E-state index contributed by atoms with van der Waals surface area (Å²) >= 11 is 13.5. The Kier molecular flexibility index (Phi) is 9.03. The summed E-state index contributed by atoms with van der Waals surface area (Å²) in [6, 6.07) is 10.7. The van der Waals surface area contributed by atoms with E-state index in [1.165, 1.54) is 17.4 Å². The van der Waals surface area contributed by atoms with Gasteiger partial charge in [-0.3, -0.25) is 15.0 Å². The molecule has 0 amide bonds. The van der Waals surface area contributed by atoms with Gasteiger partial charge in [0, 0.05) is 23.6 Å². The maximum Gasteiger partial charge on any atom is 0.311 e. The molecule has 0 radical (unpaired) electrons. The molecule has 1 saturated heterocycles. The van der Waals surface area contributed by atoms with E-state index >= 15 is 0 Å². The number of anilines is 1. The van der Waals surface area contributed by atoms with Gasteiger partial charge in [0.25, 0.3) is 0 Å². The summed E-state index contributed by atoms with van der Waals surface area (Å²) in [6.07, 6.45) is 3.24. The van der Waals surface area contributed by atoms with Crippen LogP contribution in [0.4, 0.5) is 10.8 Å². The average molecular weight is 551 g/mol. The number of nitro benzene ring substituents is 1. The van der Waals surface area contributed by atoms with Crippen LogP contribution in [0.3, 0.4) is 0 Å². The molecule has 3 aromatic rings. The van der Waals surface area contributed by atoms with Gasteiger partial charge in [-0.25, -0.2) is 4.98 Å². The zero-order valence-electron chi connectivity index (χ0n) is 19.7. The Morgan fingerprint density at radius 3 is 2.61 bits per heavy atom. The lowest BCUT2D eigenvalue weighted by molar-refractivity contribution is -0.386. The minimum atomic E-state index is -0.408.